The van der Waals surface area contributed by atoms with E-state index >= 15 is 0 Å². The second kappa shape index (κ2) is 6.29. The number of pyridine rings is 1. The summed E-state index contributed by atoms with van der Waals surface area (Å²) in [6, 6.07) is 3.50. The van der Waals surface area contributed by atoms with Gasteiger partial charge in [-0.25, -0.2) is 16.8 Å². The fourth-order valence-corrected chi connectivity index (χ4v) is 5.13. The normalized spacial score (nSPS) is 20.5. The standard InChI is InChI=1S/C12H18N2O5S2/c1-20(15,16)7-8-21(17,18)14-6-4-12(10-14)19-11-3-2-5-13-9-11/h2-3,5,9,12H,4,6-8,10H2,1H3. The Kier molecular flexibility index (Phi) is 4.84. The van der Waals surface area contributed by atoms with Crippen molar-refractivity contribution in [1.29, 1.82) is 0 Å². The Morgan fingerprint density at radius 3 is 2.71 bits per heavy atom. The molecule has 0 aliphatic carbocycles. The molecule has 0 radical (unpaired) electrons. The van der Waals surface area contributed by atoms with E-state index < -0.39 is 19.9 Å². The highest BCUT2D eigenvalue weighted by Gasteiger charge is 2.32. The lowest BCUT2D eigenvalue weighted by Gasteiger charge is -2.16. The van der Waals surface area contributed by atoms with Crippen molar-refractivity contribution in [3.63, 3.8) is 0 Å². The lowest BCUT2D eigenvalue weighted by Crippen LogP contribution is -2.34. The largest absolute Gasteiger partial charge is 0.487 e. The number of rotatable bonds is 6. The van der Waals surface area contributed by atoms with Gasteiger partial charge in [-0.2, -0.15) is 4.31 Å². The highest BCUT2D eigenvalue weighted by atomic mass is 32.2. The van der Waals surface area contributed by atoms with Crippen LogP contribution < -0.4 is 4.74 Å². The molecule has 1 saturated heterocycles. The lowest BCUT2D eigenvalue weighted by molar-refractivity contribution is 0.215. The van der Waals surface area contributed by atoms with Crippen LogP contribution in [0.15, 0.2) is 24.5 Å². The maximum Gasteiger partial charge on any atom is 0.215 e. The maximum absolute atomic E-state index is 12.1. The number of hydrogen-bond donors (Lipinski definition) is 0. The Labute approximate surface area is 124 Å². The number of sulfone groups is 1. The fraction of sp³-hybridized carbons (Fsp3) is 0.583. The Hall–Kier alpha value is -1.19. The highest BCUT2D eigenvalue weighted by molar-refractivity contribution is 7.93. The first-order valence-corrected chi connectivity index (χ1v) is 10.2. The first-order chi connectivity index (χ1) is 9.76. The average Bonchev–Trinajstić information content (AvgIpc) is 2.86. The van der Waals surface area contributed by atoms with Gasteiger partial charge in [-0.05, 0) is 18.6 Å². The zero-order chi connectivity index (χ0) is 15.5. The number of aromatic nitrogens is 1. The summed E-state index contributed by atoms with van der Waals surface area (Å²) in [6.45, 7) is 0.581. The molecule has 9 heteroatoms. The summed E-state index contributed by atoms with van der Waals surface area (Å²) in [4.78, 5) is 3.93. The van der Waals surface area contributed by atoms with Crippen LogP contribution in [0.4, 0.5) is 0 Å². The minimum Gasteiger partial charge on any atom is -0.487 e. The number of ether oxygens (including phenoxy) is 1. The monoisotopic (exact) mass is 334 g/mol. The van der Waals surface area contributed by atoms with Crippen molar-refractivity contribution in [2.45, 2.75) is 12.5 Å². The van der Waals surface area contributed by atoms with Crippen LogP contribution in [0.25, 0.3) is 0 Å². The molecule has 1 fully saturated rings. The van der Waals surface area contributed by atoms with Crippen molar-refractivity contribution in [1.82, 2.24) is 9.29 Å². The van der Waals surface area contributed by atoms with Crippen LogP contribution in [0.2, 0.25) is 0 Å². The van der Waals surface area contributed by atoms with Crippen molar-refractivity contribution in [3.05, 3.63) is 24.5 Å². The molecule has 1 aromatic heterocycles. The second-order valence-electron chi connectivity index (χ2n) is 5.02. The number of nitrogens with zero attached hydrogens (tertiary/aromatic N) is 2. The van der Waals surface area contributed by atoms with Crippen LogP contribution in [0.3, 0.4) is 0 Å². The first kappa shape index (κ1) is 16.2. The van der Waals surface area contributed by atoms with E-state index in [2.05, 4.69) is 4.98 Å². The van der Waals surface area contributed by atoms with Crippen LogP contribution in [-0.4, -0.2) is 63.1 Å². The van der Waals surface area contributed by atoms with Crippen molar-refractivity contribution in [3.8, 4) is 5.75 Å². The lowest BCUT2D eigenvalue weighted by atomic mass is 10.3. The molecule has 118 valence electrons. The average molecular weight is 334 g/mol. The third kappa shape index (κ3) is 4.94. The maximum atomic E-state index is 12.1. The van der Waals surface area contributed by atoms with Gasteiger partial charge in [0.15, 0.2) is 0 Å². The molecule has 0 amide bonds. The Bertz CT molecular complexity index is 673. The summed E-state index contributed by atoms with van der Waals surface area (Å²) in [6.07, 6.45) is 4.57. The van der Waals surface area contributed by atoms with Gasteiger partial charge in [0, 0.05) is 19.0 Å². The van der Waals surface area contributed by atoms with Crippen molar-refractivity contribution in [2.75, 3.05) is 30.9 Å². The van der Waals surface area contributed by atoms with E-state index in [9.17, 15) is 16.8 Å². The van der Waals surface area contributed by atoms with E-state index in [1.54, 1.807) is 24.5 Å². The summed E-state index contributed by atoms with van der Waals surface area (Å²) < 4.78 is 53.3. The van der Waals surface area contributed by atoms with Gasteiger partial charge in [0.05, 0.1) is 24.2 Å². The molecule has 0 aromatic carbocycles. The van der Waals surface area contributed by atoms with E-state index in [1.807, 2.05) is 0 Å². The van der Waals surface area contributed by atoms with E-state index in [0.29, 0.717) is 18.7 Å². The predicted molar refractivity (Wildman–Crippen MR) is 78.3 cm³/mol. The molecule has 7 nitrogen and oxygen atoms in total. The topological polar surface area (TPSA) is 93.6 Å². The third-order valence-corrected chi connectivity index (χ3v) is 6.19. The Balaban J connectivity index is 1.92. The highest BCUT2D eigenvalue weighted by Crippen LogP contribution is 2.19. The van der Waals surface area contributed by atoms with Crippen LogP contribution in [0.1, 0.15) is 6.42 Å². The molecule has 0 spiro atoms. The third-order valence-electron chi connectivity index (χ3n) is 3.15. The van der Waals surface area contributed by atoms with E-state index in [0.717, 1.165) is 6.26 Å². The zero-order valence-corrected chi connectivity index (χ0v) is 13.3. The van der Waals surface area contributed by atoms with Crippen molar-refractivity contribution < 1.29 is 21.6 Å². The van der Waals surface area contributed by atoms with Gasteiger partial charge >= 0.3 is 0 Å². The molecule has 2 heterocycles. The molecule has 1 unspecified atom stereocenters. The SMILES string of the molecule is CS(=O)(=O)CCS(=O)(=O)N1CCC(Oc2cccnc2)C1. The van der Waals surface area contributed by atoms with E-state index in [-0.39, 0.29) is 24.2 Å². The minimum absolute atomic E-state index is 0.234. The molecule has 2 rings (SSSR count). The molecule has 1 aliphatic heterocycles. The van der Waals surface area contributed by atoms with Crippen molar-refractivity contribution >= 4 is 19.9 Å². The molecule has 0 bridgehead atoms. The van der Waals surface area contributed by atoms with Gasteiger partial charge < -0.3 is 4.74 Å². The summed E-state index contributed by atoms with van der Waals surface area (Å²) in [7, 11) is -6.85. The molecular formula is C12H18N2O5S2. The van der Waals surface area contributed by atoms with Crippen LogP contribution in [0, 0.1) is 0 Å². The van der Waals surface area contributed by atoms with Gasteiger partial charge in [-0.3, -0.25) is 4.98 Å². The van der Waals surface area contributed by atoms with Crippen LogP contribution in [0.5, 0.6) is 5.75 Å². The van der Waals surface area contributed by atoms with Crippen molar-refractivity contribution in [2.24, 2.45) is 0 Å². The zero-order valence-electron chi connectivity index (χ0n) is 11.7. The molecule has 1 aromatic rings. The molecule has 1 aliphatic rings. The van der Waals surface area contributed by atoms with Gasteiger partial charge in [-0.1, -0.05) is 0 Å². The molecular weight excluding hydrogens is 316 g/mol. The summed E-state index contributed by atoms with van der Waals surface area (Å²) in [5.41, 5.74) is 0. The quantitative estimate of drug-likeness (QED) is 0.722. The summed E-state index contributed by atoms with van der Waals surface area (Å²) in [5.74, 6) is -0.149. The number of sulfonamides is 1. The molecule has 1 atom stereocenters. The summed E-state index contributed by atoms with van der Waals surface area (Å²) >= 11 is 0. The predicted octanol–water partition coefficient (Wildman–Crippen LogP) is -0.0909. The van der Waals surface area contributed by atoms with E-state index in [1.165, 1.54) is 4.31 Å². The van der Waals surface area contributed by atoms with E-state index in [4.69, 9.17) is 4.74 Å². The van der Waals surface area contributed by atoms with Gasteiger partial charge in [0.25, 0.3) is 0 Å². The molecule has 0 N–H and O–H groups in total. The number of hydrogen-bond acceptors (Lipinski definition) is 6. The smallest absolute Gasteiger partial charge is 0.215 e. The minimum atomic E-state index is -3.56. The Morgan fingerprint density at radius 1 is 1.33 bits per heavy atom. The molecule has 21 heavy (non-hydrogen) atoms. The Morgan fingerprint density at radius 2 is 2.10 bits per heavy atom. The second-order valence-corrected chi connectivity index (χ2v) is 9.37. The van der Waals surface area contributed by atoms with Crippen LogP contribution in [-0.2, 0) is 19.9 Å². The van der Waals surface area contributed by atoms with Gasteiger partial charge in [0.1, 0.15) is 21.7 Å². The fourth-order valence-electron chi connectivity index (χ4n) is 2.04. The van der Waals surface area contributed by atoms with Gasteiger partial charge in [0.2, 0.25) is 10.0 Å². The van der Waals surface area contributed by atoms with Gasteiger partial charge in [-0.15, -0.1) is 0 Å². The first-order valence-electron chi connectivity index (χ1n) is 6.48. The summed E-state index contributed by atoms with van der Waals surface area (Å²) in [5, 5.41) is 0. The van der Waals surface area contributed by atoms with Crippen LogP contribution >= 0.6 is 0 Å². The molecule has 0 saturated carbocycles.